The van der Waals surface area contributed by atoms with Gasteiger partial charge in [-0.15, -0.1) is 0 Å². The van der Waals surface area contributed by atoms with Crippen LogP contribution in [-0.4, -0.2) is 37.2 Å². The molecule has 0 aliphatic heterocycles. The van der Waals surface area contributed by atoms with Gasteiger partial charge >= 0.3 is 17.9 Å². The molecule has 0 aromatic carbocycles. The zero-order valence-electron chi connectivity index (χ0n) is 35.7. The summed E-state index contributed by atoms with van der Waals surface area (Å²) in [5.74, 6) is -1.09. The normalized spacial score (nSPS) is 12.7. The summed E-state index contributed by atoms with van der Waals surface area (Å²) in [7, 11) is 0. The summed E-state index contributed by atoms with van der Waals surface area (Å²) in [6.07, 6.45) is 53.5. The van der Waals surface area contributed by atoms with E-state index < -0.39 is 12.1 Å². The van der Waals surface area contributed by atoms with Crippen molar-refractivity contribution in [3.05, 3.63) is 72.9 Å². The first-order valence-electron chi connectivity index (χ1n) is 22.5. The molecular formula is C49H82O6. The molecule has 0 spiro atoms. The van der Waals surface area contributed by atoms with Gasteiger partial charge in [0.05, 0.1) is 6.42 Å². The van der Waals surface area contributed by atoms with Crippen LogP contribution in [0.4, 0.5) is 0 Å². The minimum Gasteiger partial charge on any atom is -0.462 e. The molecule has 0 bridgehead atoms. The third kappa shape index (κ3) is 41.8. The summed E-state index contributed by atoms with van der Waals surface area (Å²) in [6.45, 7) is 6.34. The lowest BCUT2D eigenvalue weighted by Crippen LogP contribution is -2.30. The van der Waals surface area contributed by atoms with Gasteiger partial charge in [-0.3, -0.25) is 14.4 Å². The van der Waals surface area contributed by atoms with Crippen LogP contribution in [0.2, 0.25) is 0 Å². The number of ether oxygens (including phenoxy) is 3. The van der Waals surface area contributed by atoms with Gasteiger partial charge in [0.1, 0.15) is 13.2 Å². The van der Waals surface area contributed by atoms with Gasteiger partial charge in [0.15, 0.2) is 6.10 Å². The molecule has 1 atom stereocenters. The third-order valence-electron chi connectivity index (χ3n) is 9.23. The van der Waals surface area contributed by atoms with Crippen LogP contribution in [0, 0.1) is 0 Å². The van der Waals surface area contributed by atoms with Crippen molar-refractivity contribution < 1.29 is 28.6 Å². The van der Waals surface area contributed by atoms with Crippen LogP contribution in [0.15, 0.2) is 72.9 Å². The number of carbonyl (C=O) groups is 3. The Morgan fingerprint density at radius 3 is 1.42 bits per heavy atom. The average molecular weight is 767 g/mol. The summed E-state index contributed by atoms with van der Waals surface area (Å²) < 4.78 is 16.5. The van der Waals surface area contributed by atoms with Gasteiger partial charge in [-0.25, -0.2) is 0 Å². The molecule has 314 valence electrons. The van der Waals surface area contributed by atoms with E-state index in [1.807, 2.05) is 6.08 Å². The zero-order chi connectivity index (χ0) is 40.1. The molecule has 0 radical (unpaired) electrons. The summed E-state index contributed by atoms with van der Waals surface area (Å²) in [4.78, 5) is 37.6. The molecule has 0 N–H and O–H groups in total. The van der Waals surface area contributed by atoms with E-state index in [9.17, 15) is 14.4 Å². The van der Waals surface area contributed by atoms with Gasteiger partial charge in [-0.05, 0) is 83.5 Å². The SMILES string of the molecule is CC/C=C\C/C=C\C/C=C\CC(=O)OCC(COC(=O)CCCCC/C=C\C=C/CCCCCCCCC)OC(=O)CCCCCCC/C=C\CCCCC. The summed E-state index contributed by atoms with van der Waals surface area (Å²) in [5, 5.41) is 0. The lowest BCUT2D eigenvalue weighted by Gasteiger charge is -2.18. The van der Waals surface area contributed by atoms with E-state index in [0.717, 1.165) is 83.5 Å². The number of hydrogen-bond donors (Lipinski definition) is 0. The van der Waals surface area contributed by atoms with Crippen LogP contribution < -0.4 is 0 Å². The molecule has 1 unspecified atom stereocenters. The summed E-state index contributed by atoms with van der Waals surface area (Å²) in [6, 6.07) is 0. The van der Waals surface area contributed by atoms with Crippen LogP contribution in [0.1, 0.15) is 201 Å². The van der Waals surface area contributed by atoms with Crippen LogP contribution in [-0.2, 0) is 28.6 Å². The number of carbonyl (C=O) groups excluding carboxylic acids is 3. The van der Waals surface area contributed by atoms with E-state index in [4.69, 9.17) is 14.2 Å². The molecule has 0 saturated carbocycles. The summed E-state index contributed by atoms with van der Waals surface area (Å²) in [5.41, 5.74) is 0. The van der Waals surface area contributed by atoms with E-state index in [0.29, 0.717) is 12.8 Å². The Labute approximate surface area is 338 Å². The van der Waals surface area contributed by atoms with Gasteiger partial charge in [-0.1, -0.05) is 171 Å². The number of esters is 3. The first-order valence-corrected chi connectivity index (χ1v) is 22.5. The molecule has 6 nitrogen and oxygen atoms in total. The predicted octanol–water partition coefficient (Wildman–Crippen LogP) is 14.3. The van der Waals surface area contributed by atoms with Crippen molar-refractivity contribution in [1.29, 1.82) is 0 Å². The van der Waals surface area contributed by atoms with E-state index in [2.05, 4.69) is 81.5 Å². The highest BCUT2D eigenvalue weighted by molar-refractivity contribution is 5.72. The fourth-order valence-electron chi connectivity index (χ4n) is 5.84. The van der Waals surface area contributed by atoms with Crippen molar-refractivity contribution in [2.24, 2.45) is 0 Å². The van der Waals surface area contributed by atoms with Crippen LogP contribution in [0.5, 0.6) is 0 Å². The maximum absolute atomic E-state index is 12.7. The van der Waals surface area contributed by atoms with Crippen LogP contribution in [0.3, 0.4) is 0 Å². The average Bonchev–Trinajstić information content (AvgIpc) is 3.18. The van der Waals surface area contributed by atoms with Gasteiger partial charge in [-0.2, -0.15) is 0 Å². The zero-order valence-corrected chi connectivity index (χ0v) is 35.7. The van der Waals surface area contributed by atoms with Crippen molar-refractivity contribution >= 4 is 17.9 Å². The van der Waals surface area contributed by atoms with Gasteiger partial charge in [0.2, 0.25) is 0 Å². The fraction of sp³-hybridized carbons (Fsp3) is 0.694. The second-order valence-electron chi connectivity index (χ2n) is 14.6. The van der Waals surface area contributed by atoms with Crippen molar-refractivity contribution in [3.63, 3.8) is 0 Å². The summed E-state index contributed by atoms with van der Waals surface area (Å²) >= 11 is 0. The highest BCUT2D eigenvalue weighted by atomic mass is 16.6. The monoisotopic (exact) mass is 767 g/mol. The number of hydrogen-bond acceptors (Lipinski definition) is 6. The Morgan fingerprint density at radius 2 is 0.836 bits per heavy atom. The standard InChI is InChI=1S/C49H82O6/c1-4-7-10-13-16-19-21-23-24-25-26-28-30-33-36-39-42-48(51)54-45-46(44-53-47(50)41-38-35-32-29-18-15-12-9-6-3)55-49(52)43-40-37-34-31-27-22-20-17-14-11-8-5-2/h9,12,17-18,20,24-26,28-29,35,38,46H,4-8,10-11,13-16,19,21-23,27,30-34,36-37,39-45H2,1-3H3/b12-9-,20-17-,25-24-,28-26-,29-18-,38-35-. The highest BCUT2D eigenvalue weighted by Crippen LogP contribution is 2.12. The molecule has 0 aromatic heterocycles. The van der Waals surface area contributed by atoms with E-state index in [1.54, 1.807) is 6.08 Å². The second-order valence-corrected chi connectivity index (χ2v) is 14.6. The second kappa shape index (κ2) is 43.6. The first-order chi connectivity index (χ1) is 27.0. The third-order valence-corrected chi connectivity index (χ3v) is 9.23. The Morgan fingerprint density at radius 1 is 0.418 bits per heavy atom. The number of unbranched alkanes of at least 4 members (excludes halogenated alkanes) is 18. The first kappa shape index (κ1) is 51.9. The molecule has 55 heavy (non-hydrogen) atoms. The quantitative estimate of drug-likeness (QED) is 0.0204. The maximum atomic E-state index is 12.7. The fourth-order valence-corrected chi connectivity index (χ4v) is 5.84. The van der Waals surface area contributed by atoms with Crippen LogP contribution in [0.25, 0.3) is 0 Å². The Balaban J connectivity index is 4.47. The molecule has 0 aromatic rings. The molecule has 0 rings (SSSR count). The maximum Gasteiger partial charge on any atom is 0.309 e. The van der Waals surface area contributed by atoms with E-state index in [-0.39, 0.29) is 31.6 Å². The number of allylic oxidation sites excluding steroid dienone is 11. The Hall–Kier alpha value is -3.15. The largest absolute Gasteiger partial charge is 0.462 e. The smallest absolute Gasteiger partial charge is 0.309 e. The van der Waals surface area contributed by atoms with Crippen LogP contribution >= 0.6 is 0 Å². The van der Waals surface area contributed by atoms with E-state index >= 15 is 0 Å². The lowest BCUT2D eigenvalue weighted by molar-refractivity contribution is -0.166. The molecule has 0 aliphatic rings. The van der Waals surface area contributed by atoms with E-state index in [1.165, 1.54) is 77.0 Å². The molecule has 0 amide bonds. The minimum absolute atomic E-state index is 0.120. The van der Waals surface area contributed by atoms with Gasteiger partial charge in [0, 0.05) is 12.8 Å². The Kier molecular flexibility index (Phi) is 41.1. The molecule has 0 aliphatic carbocycles. The number of rotatable bonds is 39. The van der Waals surface area contributed by atoms with Gasteiger partial charge < -0.3 is 14.2 Å². The highest BCUT2D eigenvalue weighted by Gasteiger charge is 2.19. The Bertz CT molecular complexity index is 1070. The molecule has 0 heterocycles. The van der Waals surface area contributed by atoms with Crippen molar-refractivity contribution in [2.75, 3.05) is 13.2 Å². The van der Waals surface area contributed by atoms with Crippen molar-refractivity contribution in [1.82, 2.24) is 0 Å². The van der Waals surface area contributed by atoms with Crippen molar-refractivity contribution in [2.45, 2.75) is 207 Å². The molecule has 6 heteroatoms. The molecule has 0 fully saturated rings. The molecule has 0 saturated heterocycles. The molecular weight excluding hydrogens is 685 g/mol. The topological polar surface area (TPSA) is 78.9 Å². The predicted molar refractivity (Wildman–Crippen MR) is 233 cm³/mol. The van der Waals surface area contributed by atoms with Gasteiger partial charge in [0.25, 0.3) is 0 Å². The van der Waals surface area contributed by atoms with Crippen molar-refractivity contribution in [3.8, 4) is 0 Å². The lowest BCUT2D eigenvalue weighted by atomic mass is 10.1. The minimum atomic E-state index is -0.823.